The quantitative estimate of drug-likeness (QED) is 0.774. The van der Waals surface area contributed by atoms with Gasteiger partial charge in [0.15, 0.2) is 0 Å². The van der Waals surface area contributed by atoms with Crippen molar-refractivity contribution in [2.45, 2.75) is 19.5 Å². The Morgan fingerprint density at radius 3 is 2.64 bits per heavy atom. The molecule has 7 nitrogen and oxygen atoms in total. The number of carbonyl (C=O) groups excluding carboxylic acids is 2. The van der Waals surface area contributed by atoms with Crippen LogP contribution in [0.5, 0.6) is 0 Å². The van der Waals surface area contributed by atoms with Gasteiger partial charge in [-0.15, -0.1) is 0 Å². The number of amides is 3. The number of hydrogen-bond acceptors (Lipinski definition) is 3. The zero-order chi connectivity index (χ0) is 17.9. The fourth-order valence-electron chi connectivity index (χ4n) is 3.30. The lowest BCUT2D eigenvalue weighted by Gasteiger charge is -2.30. The van der Waals surface area contributed by atoms with Crippen molar-refractivity contribution >= 4 is 23.7 Å². The van der Waals surface area contributed by atoms with Gasteiger partial charge in [0, 0.05) is 19.7 Å². The average Bonchev–Trinajstić information content (AvgIpc) is 3.09. The third kappa shape index (κ3) is 2.10. The maximum absolute atomic E-state index is 14.0. The van der Waals surface area contributed by atoms with E-state index in [-0.39, 0.29) is 11.7 Å². The Morgan fingerprint density at radius 2 is 1.92 bits per heavy atom. The van der Waals surface area contributed by atoms with Gasteiger partial charge >= 0.3 is 12.0 Å². The Bertz CT molecular complexity index is 949. The molecule has 1 aromatic carbocycles. The van der Waals surface area contributed by atoms with Crippen LogP contribution in [0.4, 0.5) is 15.1 Å². The Balaban J connectivity index is 1.81. The number of aliphatic imine (C=N–C) groups is 1. The van der Waals surface area contributed by atoms with Crippen LogP contribution in [0, 0.1) is 12.7 Å². The molecule has 1 fully saturated rings. The SMILES string of the molecule is Cc1c[n+]2c(n1Cc1ccccc1F)N=C1C2C(=O)N(C)C(=O)N1C. The highest BCUT2D eigenvalue weighted by Crippen LogP contribution is 2.29. The van der Waals surface area contributed by atoms with Crippen molar-refractivity contribution in [3.63, 3.8) is 0 Å². The summed E-state index contributed by atoms with van der Waals surface area (Å²) >= 11 is 0. The van der Waals surface area contributed by atoms with Crippen LogP contribution in [0.3, 0.4) is 0 Å². The van der Waals surface area contributed by atoms with Crippen LogP contribution in [-0.4, -0.2) is 46.2 Å². The number of imide groups is 1. The number of imidazole rings is 1. The van der Waals surface area contributed by atoms with E-state index in [2.05, 4.69) is 4.99 Å². The van der Waals surface area contributed by atoms with Crippen molar-refractivity contribution in [2.24, 2.45) is 4.99 Å². The largest absolute Gasteiger partial charge is 0.402 e. The molecule has 0 bridgehead atoms. The highest BCUT2D eigenvalue weighted by atomic mass is 19.1. The summed E-state index contributed by atoms with van der Waals surface area (Å²) < 4.78 is 17.6. The number of rotatable bonds is 2. The zero-order valence-electron chi connectivity index (χ0n) is 14.1. The molecule has 2 aliphatic rings. The van der Waals surface area contributed by atoms with E-state index in [4.69, 9.17) is 0 Å². The number of likely N-dealkylation sites (N-methyl/N-ethyl adjacent to an activating group) is 2. The standard InChI is InChI=1S/C17H17FN5O2/c1-10-8-23-13-14(20(2)17(25)21(3)15(13)24)19-16(23)22(10)9-11-6-4-5-7-12(11)18/h4-8,13H,9H2,1-3H3/q+1. The van der Waals surface area contributed by atoms with Gasteiger partial charge in [0.25, 0.3) is 5.91 Å². The molecule has 8 heteroatoms. The normalized spacial score (nSPS) is 19.2. The number of aromatic nitrogens is 2. The van der Waals surface area contributed by atoms with Crippen molar-refractivity contribution in [2.75, 3.05) is 14.1 Å². The van der Waals surface area contributed by atoms with E-state index >= 15 is 0 Å². The number of fused-ring (bicyclic) bond motifs is 3. The molecular formula is C17H17FN5O2+. The first-order valence-corrected chi connectivity index (χ1v) is 7.88. The maximum atomic E-state index is 14.0. The van der Waals surface area contributed by atoms with Crippen molar-refractivity contribution in [3.05, 3.63) is 47.5 Å². The second kappa shape index (κ2) is 5.23. The Morgan fingerprint density at radius 1 is 1.20 bits per heavy atom. The molecule has 2 aromatic rings. The molecule has 4 rings (SSSR count). The summed E-state index contributed by atoms with van der Waals surface area (Å²) in [6.45, 7) is 2.18. The number of amidine groups is 1. The van der Waals surface area contributed by atoms with Crippen LogP contribution in [-0.2, 0) is 11.3 Å². The van der Waals surface area contributed by atoms with Crippen LogP contribution in [0.25, 0.3) is 0 Å². The van der Waals surface area contributed by atoms with Crippen molar-refractivity contribution in [1.82, 2.24) is 14.4 Å². The van der Waals surface area contributed by atoms with E-state index in [1.807, 2.05) is 17.7 Å². The molecule has 128 valence electrons. The third-order valence-corrected chi connectivity index (χ3v) is 4.73. The molecule has 1 aromatic heterocycles. The fourth-order valence-corrected chi connectivity index (χ4v) is 3.30. The van der Waals surface area contributed by atoms with Crippen molar-refractivity contribution < 1.29 is 18.5 Å². The van der Waals surface area contributed by atoms with Gasteiger partial charge in [-0.2, -0.15) is 0 Å². The van der Waals surface area contributed by atoms with Crippen molar-refractivity contribution in [3.8, 4) is 0 Å². The second-order valence-electron chi connectivity index (χ2n) is 6.27. The number of benzene rings is 1. The smallest absolute Gasteiger partial charge is 0.270 e. The summed E-state index contributed by atoms with van der Waals surface area (Å²) in [4.78, 5) is 31.7. The average molecular weight is 342 g/mol. The molecule has 0 aliphatic carbocycles. The van der Waals surface area contributed by atoms with E-state index in [9.17, 15) is 14.0 Å². The van der Waals surface area contributed by atoms with Gasteiger partial charge < -0.3 is 0 Å². The predicted molar refractivity (Wildman–Crippen MR) is 86.9 cm³/mol. The molecule has 0 radical (unpaired) electrons. The number of hydrogen-bond donors (Lipinski definition) is 0. The first-order chi connectivity index (χ1) is 11.9. The molecule has 2 aliphatic heterocycles. The molecule has 0 N–H and O–H groups in total. The summed E-state index contributed by atoms with van der Waals surface area (Å²) in [6, 6.07) is 5.48. The second-order valence-corrected chi connectivity index (χ2v) is 6.27. The highest BCUT2D eigenvalue weighted by molar-refractivity contribution is 6.18. The lowest BCUT2D eigenvalue weighted by molar-refractivity contribution is -0.677. The molecule has 3 amide bonds. The van der Waals surface area contributed by atoms with E-state index < -0.39 is 12.1 Å². The number of nitrogens with zero attached hydrogens (tertiary/aromatic N) is 5. The molecule has 1 unspecified atom stereocenters. The highest BCUT2D eigenvalue weighted by Gasteiger charge is 2.52. The summed E-state index contributed by atoms with van der Waals surface area (Å²) in [5.74, 6) is 0.309. The van der Waals surface area contributed by atoms with Crippen LogP contribution >= 0.6 is 0 Å². The minimum absolute atomic E-state index is 0.291. The summed E-state index contributed by atoms with van der Waals surface area (Å²) in [7, 11) is 3.05. The Labute approximate surface area is 143 Å². The van der Waals surface area contributed by atoms with Gasteiger partial charge in [-0.3, -0.25) is 14.6 Å². The lowest BCUT2D eigenvalue weighted by atomic mass is 10.2. The fraction of sp³-hybridized carbons (Fsp3) is 0.294. The third-order valence-electron chi connectivity index (χ3n) is 4.73. The molecular weight excluding hydrogens is 325 g/mol. The van der Waals surface area contributed by atoms with E-state index in [0.717, 1.165) is 10.6 Å². The van der Waals surface area contributed by atoms with E-state index in [1.54, 1.807) is 29.8 Å². The number of urea groups is 1. The van der Waals surface area contributed by atoms with Crippen LogP contribution < -0.4 is 4.57 Å². The van der Waals surface area contributed by atoms with Gasteiger partial charge in [-0.25, -0.2) is 18.3 Å². The summed E-state index contributed by atoms with van der Waals surface area (Å²) in [5, 5.41) is 0. The number of aryl methyl sites for hydroxylation is 1. The van der Waals surface area contributed by atoms with Gasteiger partial charge in [-0.05, 0) is 13.0 Å². The van der Waals surface area contributed by atoms with Gasteiger partial charge in [0.1, 0.15) is 17.7 Å². The number of halogens is 1. The molecule has 25 heavy (non-hydrogen) atoms. The topological polar surface area (TPSA) is 61.8 Å². The summed E-state index contributed by atoms with van der Waals surface area (Å²) in [5.41, 5.74) is 1.39. The zero-order valence-corrected chi connectivity index (χ0v) is 14.1. The van der Waals surface area contributed by atoms with Crippen LogP contribution in [0.1, 0.15) is 17.3 Å². The van der Waals surface area contributed by atoms with E-state index in [0.29, 0.717) is 23.9 Å². The van der Waals surface area contributed by atoms with Crippen LogP contribution in [0.2, 0.25) is 0 Å². The Kier molecular flexibility index (Phi) is 3.24. The van der Waals surface area contributed by atoms with Crippen molar-refractivity contribution in [1.29, 1.82) is 0 Å². The first-order valence-electron chi connectivity index (χ1n) is 7.88. The van der Waals surface area contributed by atoms with E-state index in [1.165, 1.54) is 18.0 Å². The van der Waals surface area contributed by atoms with Gasteiger partial charge in [0.2, 0.25) is 11.9 Å². The predicted octanol–water partition coefficient (Wildman–Crippen LogP) is 1.38. The molecule has 1 saturated heterocycles. The van der Waals surface area contributed by atoms with Gasteiger partial charge in [0.05, 0.1) is 6.54 Å². The molecule has 3 heterocycles. The number of carbonyl (C=O) groups is 2. The minimum Gasteiger partial charge on any atom is -0.270 e. The van der Waals surface area contributed by atoms with Gasteiger partial charge in [-0.1, -0.05) is 23.2 Å². The first kappa shape index (κ1) is 15.5. The minimum atomic E-state index is -0.664. The molecule has 0 spiro atoms. The molecule has 0 saturated carbocycles. The molecule has 1 atom stereocenters. The Hall–Kier alpha value is -3.03. The maximum Gasteiger partial charge on any atom is 0.402 e. The summed E-state index contributed by atoms with van der Waals surface area (Å²) in [6.07, 6.45) is 1.81. The van der Waals surface area contributed by atoms with Crippen LogP contribution in [0.15, 0.2) is 35.5 Å². The lowest BCUT2D eigenvalue weighted by Crippen LogP contribution is -2.61. The monoisotopic (exact) mass is 342 g/mol.